The number of carbonyl (C=O) groups is 1. The number of hydrogen-bond donors (Lipinski definition) is 0. The summed E-state index contributed by atoms with van der Waals surface area (Å²) < 4.78 is 0. The van der Waals surface area contributed by atoms with Crippen LogP contribution in [0.2, 0.25) is 0 Å². The summed E-state index contributed by atoms with van der Waals surface area (Å²) in [6.45, 7) is 9.75. The van der Waals surface area contributed by atoms with Crippen molar-refractivity contribution in [3.63, 3.8) is 0 Å². The third kappa shape index (κ3) is 2.21. The van der Waals surface area contributed by atoms with Gasteiger partial charge in [-0.3, -0.25) is 4.79 Å². The average Bonchev–Trinajstić information content (AvgIpc) is 2.84. The number of fused-ring (bicyclic) bond motifs is 5. The van der Waals surface area contributed by atoms with Gasteiger partial charge in [0, 0.05) is 12.3 Å². The van der Waals surface area contributed by atoms with Crippen molar-refractivity contribution in [2.45, 2.75) is 91.9 Å². The standard InChI is InChI=1S/C23H38O/c1-5-15(2)21-20(24)14-19-17-10-9-16-8-6-7-12-22(16,3)18(17)11-13-23(19,21)4/h15-19,21H,5-14H2,1-4H3/t15-,16-,17-,18+,19+,21+,22+,23+/m1/s1. The van der Waals surface area contributed by atoms with Gasteiger partial charge < -0.3 is 0 Å². The minimum absolute atomic E-state index is 0.311. The molecule has 136 valence electrons. The highest BCUT2D eigenvalue weighted by molar-refractivity contribution is 5.85. The summed E-state index contributed by atoms with van der Waals surface area (Å²) >= 11 is 0. The molecule has 4 saturated carbocycles. The van der Waals surface area contributed by atoms with Gasteiger partial charge in [-0.05, 0) is 78.9 Å². The van der Waals surface area contributed by atoms with E-state index in [0.29, 0.717) is 34.4 Å². The van der Waals surface area contributed by atoms with Gasteiger partial charge in [-0.2, -0.15) is 0 Å². The number of carbonyl (C=O) groups excluding carboxylic acids is 1. The zero-order valence-corrected chi connectivity index (χ0v) is 16.4. The normalized spacial score (nSPS) is 52.3. The SMILES string of the molecule is CC[C@@H](C)[C@H]1C(=O)C[C@H]2[C@@H]3CC[C@H]4CCCC[C@]4(C)[C@H]3CC[C@]12C. The van der Waals surface area contributed by atoms with E-state index in [-0.39, 0.29) is 0 Å². The summed E-state index contributed by atoms with van der Waals surface area (Å²) in [5, 5.41) is 0. The maximum absolute atomic E-state index is 13.0. The lowest BCUT2D eigenvalue weighted by Crippen LogP contribution is -2.53. The molecule has 0 spiro atoms. The molecule has 24 heavy (non-hydrogen) atoms. The first kappa shape index (κ1) is 17.1. The Morgan fingerprint density at radius 3 is 2.54 bits per heavy atom. The van der Waals surface area contributed by atoms with Gasteiger partial charge >= 0.3 is 0 Å². The van der Waals surface area contributed by atoms with E-state index in [1.54, 1.807) is 0 Å². The molecule has 8 atom stereocenters. The van der Waals surface area contributed by atoms with E-state index in [4.69, 9.17) is 0 Å². The minimum atomic E-state index is 0.311. The fraction of sp³-hybridized carbons (Fsp3) is 0.957. The Labute approximate surface area is 149 Å². The van der Waals surface area contributed by atoms with Crippen LogP contribution in [0.1, 0.15) is 91.9 Å². The fourth-order valence-electron chi connectivity index (χ4n) is 8.33. The van der Waals surface area contributed by atoms with Crippen LogP contribution in [0.3, 0.4) is 0 Å². The molecule has 1 heteroatoms. The molecule has 0 heterocycles. The second-order valence-electron chi connectivity index (χ2n) is 10.5. The third-order valence-electron chi connectivity index (χ3n) is 9.71. The Bertz CT molecular complexity index is 510. The van der Waals surface area contributed by atoms with E-state index in [1.165, 1.54) is 51.4 Å². The molecule has 0 amide bonds. The fourth-order valence-corrected chi connectivity index (χ4v) is 8.33. The molecule has 0 bridgehead atoms. The lowest BCUT2D eigenvalue weighted by atomic mass is 9.44. The number of Topliss-reactive ketones (excluding diaryl/α,β-unsaturated/α-hetero) is 1. The quantitative estimate of drug-likeness (QED) is 0.584. The molecule has 0 radical (unpaired) electrons. The predicted octanol–water partition coefficient (Wildman–Crippen LogP) is 6.26. The number of rotatable bonds is 2. The second kappa shape index (κ2) is 5.85. The Hall–Kier alpha value is -0.330. The maximum atomic E-state index is 13.0. The summed E-state index contributed by atoms with van der Waals surface area (Å²) in [5.41, 5.74) is 0.908. The highest BCUT2D eigenvalue weighted by Crippen LogP contribution is 2.67. The Balaban J connectivity index is 1.64. The molecule has 1 nitrogen and oxygen atoms in total. The topological polar surface area (TPSA) is 17.1 Å². The summed E-state index contributed by atoms with van der Waals surface area (Å²) in [5.74, 6) is 4.99. The van der Waals surface area contributed by atoms with Crippen molar-refractivity contribution in [2.24, 2.45) is 46.3 Å². The molecule has 4 aliphatic rings. The van der Waals surface area contributed by atoms with E-state index >= 15 is 0 Å². The molecule has 0 aromatic heterocycles. The molecule has 4 rings (SSSR count). The van der Waals surface area contributed by atoms with Crippen LogP contribution in [-0.2, 0) is 4.79 Å². The summed E-state index contributed by atoms with van der Waals surface area (Å²) in [6.07, 6.45) is 13.5. The lowest BCUT2D eigenvalue weighted by molar-refractivity contribution is -0.126. The Kier molecular flexibility index (Phi) is 4.17. The zero-order chi connectivity index (χ0) is 17.1. The highest BCUT2D eigenvalue weighted by Gasteiger charge is 2.62. The first-order chi connectivity index (χ1) is 11.4. The highest BCUT2D eigenvalue weighted by atomic mass is 16.1. The van der Waals surface area contributed by atoms with E-state index in [0.717, 1.165) is 30.6 Å². The van der Waals surface area contributed by atoms with Crippen LogP contribution in [0, 0.1) is 46.3 Å². The molecule has 0 N–H and O–H groups in total. The van der Waals surface area contributed by atoms with Gasteiger partial charge in [-0.25, -0.2) is 0 Å². The van der Waals surface area contributed by atoms with Gasteiger partial charge in [0.2, 0.25) is 0 Å². The monoisotopic (exact) mass is 330 g/mol. The Morgan fingerprint density at radius 2 is 1.79 bits per heavy atom. The Morgan fingerprint density at radius 1 is 1.00 bits per heavy atom. The lowest BCUT2D eigenvalue weighted by Gasteiger charge is -2.60. The molecule has 4 fully saturated rings. The molecular formula is C23H38O. The molecule has 0 saturated heterocycles. The van der Waals surface area contributed by atoms with Crippen molar-refractivity contribution in [3.05, 3.63) is 0 Å². The number of ketones is 1. The molecule has 0 aromatic rings. The summed E-state index contributed by atoms with van der Waals surface area (Å²) in [4.78, 5) is 13.0. The third-order valence-corrected chi connectivity index (χ3v) is 9.71. The van der Waals surface area contributed by atoms with Crippen LogP contribution in [0.4, 0.5) is 0 Å². The van der Waals surface area contributed by atoms with Crippen molar-refractivity contribution in [3.8, 4) is 0 Å². The van der Waals surface area contributed by atoms with Crippen LogP contribution in [0.5, 0.6) is 0 Å². The molecule has 0 aliphatic heterocycles. The second-order valence-corrected chi connectivity index (χ2v) is 10.5. The van der Waals surface area contributed by atoms with Gasteiger partial charge in [0.15, 0.2) is 0 Å². The van der Waals surface area contributed by atoms with E-state index in [1.807, 2.05) is 0 Å². The predicted molar refractivity (Wildman–Crippen MR) is 99.7 cm³/mol. The average molecular weight is 331 g/mol. The van der Waals surface area contributed by atoms with Gasteiger partial charge in [0.25, 0.3) is 0 Å². The van der Waals surface area contributed by atoms with Gasteiger partial charge in [0.1, 0.15) is 5.78 Å². The summed E-state index contributed by atoms with van der Waals surface area (Å²) in [7, 11) is 0. The largest absolute Gasteiger partial charge is 0.299 e. The zero-order valence-electron chi connectivity index (χ0n) is 16.4. The van der Waals surface area contributed by atoms with Crippen molar-refractivity contribution >= 4 is 5.78 Å². The van der Waals surface area contributed by atoms with Crippen LogP contribution >= 0.6 is 0 Å². The van der Waals surface area contributed by atoms with Crippen molar-refractivity contribution < 1.29 is 4.79 Å². The van der Waals surface area contributed by atoms with E-state index in [2.05, 4.69) is 27.7 Å². The van der Waals surface area contributed by atoms with Gasteiger partial charge in [0.05, 0.1) is 0 Å². The first-order valence-corrected chi connectivity index (χ1v) is 10.9. The van der Waals surface area contributed by atoms with Crippen LogP contribution in [0.15, 0.2) is 0 Å². The smallest absolute Gasteiger partial charge is 0.137 e. The number of hydrogen-bond acceptors (Lipinski definition) is 1. The van der Waals surface area contributed by atoms with Crippen molar-refractivity contribution in [2.75, 3.05) is 0 Å². The van der Waals surface area contributed by atoms with Gasteiger partial charge in [-0.15, -0.1) is 0 Å². The molecule has 0 aromatic carbocycles. The van der Waals surface area contributed by atoms with Crippen molar-refractivity contribution in [1.29, 1.82) is 0 Å². The van der Waals surface area contributed by atoms with Crippen LogP contribution in [0.25, 0.3) is 0 Å². The first-order valence-electron chi connectivity index (χ1n) is 10.9. The molecule has 0 unspecified atom stereocenters. The maximum Gasteiger partial charge on any atom is 0.137 e. The van der Waals surface area contributed by atoms with Gasteiger partial charge in [-0.1, -0.05) is 47.0 Å². The van der Waals surface area contributed by atoms with E-state index < -0.39 is 0 Å². The molecular weight excluding hydrogens is 292 g/mol. The van der Waals surface area contributed by atoms with Crippen molar-refractivity contribution in [1.82, 2.24) is 0 Å². The van der Waals surface area contributed by atoms with E-state index in [9.17, 15) is 4.79 Å². The summed E-state index contributed by atoms with van der Waals surface area (Å²) in [6, 6.07) is 0. The van der Waals surface area contributed by atoms with Crippen LogP contribution in [-0.4, -0.2) is 5.78 Å². The minimum Gasteiger partial charge on any atom is -0.299 e. The molecule has 4 aliphatic carbocycles. The van der Waals surface area contributed by atoms with Crippen LogP contribution < -0.4 is 0 Å².